The molecule has 1 aromatic carbocycles. The molecule has 6 heteroatoms. The van der Waals surface area contributed by atoms with Crippen molar-refractivity contribution >= 4 is 5.91 Å². The van der Waals surface area contributed by atoms with Crippen LogP contribution in [0.15, 0.2) is 24.3 Å². The highest BCUT2D eigenvalue weighted by molar-refractivity contribution is 5.77. The van der Waals surface area contributed by atoms with E-state index < -0.39 is 0 Å². The van der Waals surface area contributed by atoms with Gasteiger partial charge in [-0.2, -0.15) is 0 Å². The third-order valence-corrected chi connectivity index (χ3v) is 4.74. The molecular formula is C17H23FN2O3. The summed E-state index contributed by atoms with van der Waals surface area (Å²) >= 11 is 0. The SMILES string of the molecule is O=C(COc1cccc(F)c1)N1CCN(C2CCCC2O)CC1. The van der Waals surface area contributed by atoms with Gasteiger partial charge in [0.2, 0.25) is 0 Å². The van der Waals surface area contributed by atoms with Crippen molar-refractivity contribution < 1.29 is 19.0 Å². The average Bonchev–Trinajstić information content (AvgIpc) is 2.99. The summed E-state index contributed by atoms with van der Waals surface area (Å²) in [5, 5.41) is 9.98. The minimum Gasteiger partial charge on any atom is -0.484 e. The molecule has 0 bridgehead atoms. The van der Waals surface area contributed by atoms with Crippen LogP contribution in [0.5, 0.6) is 5.75 Å². The van der Waals surface area contributed by atoms with Gasteiger partial charge in [0.1, 0.15) is 11.6 Å². The van der Waals surface area contributed by atoms with Crippen LogP contribution < -0.4 is 4.74 Å². The predicted molar refractivity (Wildman–Crippen MR) is 83.7 cm³/mol. The van der Waals surface area contributed by atoms with Gasteiger partial charge in [0.05, 0.1) is 6.10 Å². The van der Waals surface area contributed by atoms with Crippen LogP contribution in [0.4, 0.5) is 4.39 Å². The van der Waals surface area contributed by atoms with Gasteiger partial charge in [-0.3, -0.25) is 9.69 Å². The second-order valence-corrected chi connectivity index (χ2v) is 6.23. The first-order valence-electron chi connectivity index (χ1n) is 8.22. The molecular weight excluding hydrogens is 299 g/mol. The number of piperazine rings is 1. The fourth-order valence-electron chi connectivity index (χ4n) is 3.44. The lowest BCUT2D eigenvalue weighted by Crippen LogP contribution is -2.54. The van der Waals surface area contributed by atoms with E-state index in [2.05, 4.69) is 4.90 Å². The van der Waals surface area contributed by atoms with E-state index in [0.717, 1.165) is 32.4 Å². The van der Waals surface area contributed by atoms with E-state index in [1.807, 2.05) is 0 Å². The highest BCUT2D eigenvalue weighted by atomic mass is 19.1. The van der Waals surface area contributed by atoms with E-state index in [1.165, 1.54) is 12.1 Å². The highest BCUT2D eigenvalue weighted by Crippen LogP contribution is 2.25. The zero-order valence-corrected chi connectivity index (χ0v) is 13.2. The Kier molecular flexibility index (Phi) is 5.13. The number of aliphatic hydroxyl groups excluding tert-OH is 1. The average molecular weight is 322 g/mol. The summed E-state index contributed by atoms with van der Waals surface area (Å²) in [6, 6.07) is 6.05. The molecule has 0 spiro atoms. The predicted octanol–water partition coefficient (Wildman–Crippen LogP) is 1.26. The Bertz CT molecular complexity index is 546. The molecule has 1 N–H and O–H groups in total. The summed E-state index contributed by atoms with van der Waals surface area (Å²) < 4.78 is 18.4. The monoisotopic (exact) mass is 322 g/mol. The summed E-state index contributed by atoms with van der Waals surface area (Å²) in [5.41, 5.74) is 0. The van der Waals surface area contributed by atoms with Crippen molar-refractivity contribution in [3.05, 3.63) is 30.1 Å². The molecule has 1 saturated carbocycles. The molecule has 0 aromatic heterocycles. The van der Waals surface area contributed by atoms with Crippen LogP contribution in [0.1, 0.15) is 19.3 Å². The third-order valence-electron chi connectivity index (χ3n) is 4.74. The molecule has 1 saturated heterocycles. The topological polar surface area (TPSA) is 53.0 Å². The number of aliphatic hydroxyl groups is 1. The van der Waals surface area contributed by atoms with Crippen molar-refractivity contribution in [1.82, 2.24) is 9.80 Å². The van der Waals surface area contributed by atoms with Crippen LogP contribution in [0.2, 0.25) is 0 Å². The number of benzene rings is 1. The van der Waals surface area contributed by atoms with Crippen molar-refractivity contribution in [3.63, 3.8) is 0 Å². The molecule has 0 radical (unpaired) electrons. The molecule has 2 fully saturated rings. The van der Waals surface area contributed by atoms with Crippen molar-refractivity contribution in [3.8, 4) is 5.75 Å². The second-order valence-electron chi connectivity index (χ2n) is 6.23. The third kappa shape index (κ3) is 4.00. The highest BCUT2D eigenvalue weighted by Gasteiger charge is 2.33. The van der Waals surface area contributed by atoms with E-state index in [4.69, 9.17) is 4.74 Å². The van der Waals surface area contributed by atoms with E-state index in [0.29, 0.717) is 18.8 Å². The van der Waals surface area contributed by atoms with E-state index in [1.54, 1.807) is 17.0 Å². The Labute approximate surface area is 135 Å². The number of carbonyl (C=O) groups excluding carboxylic acids is 1. The molecule has 5 nitrogen and oxygen atoms in total. The Hall–Kier alpha value is -1.66. The standard InChI is InChI=1S/C17H23FN2O3/c18-13-3-1-4-14(11-13)23-12-17(22)20-9-7-19(8-10-20)15-5-2-6-16(15)21/h1,3-4,11,15-16,21H,2,5-10,12H2. The van der Waals surface area contributed by atoms with Gasteiger partial charge < -0.3 is 14.7 Å². The van der Waals surface area contributed by atoms with Gasteiger partial charge in [0.15, 0.2) is 6.61 Å². The summed E-state index contributed by atoms with van der Waals surface area (Å²) in [4.78, 5) is 16.2. The lowest BCUT2D eigenvalue weighted by molar-refractivity contribution is -0.135. The Morgan fingerprint density at radius 1 is 1.26 bits per heavy atom. The van der Waals surface area contributed by atoms with Gasteiger partial charge in [-0.25, -0.2) is 4.39 Å². The van der Waals surface area contributed by atoms with Crippen LogP contribution >= 0.6 is 0 Å². The van der Waals surface area contributed by atoms with E-state index in [9.17, 15) is 14.3 Å². The summed E-state index contributed by atoms with van der Waals surface area (Å²) in [7, 11) is 0. The van der Waals surface area contributed by atoms with Crippen LogP contribution in [0.25, 0.3) is 0 Å². The number of halogens is 1. The van der Waals surface area contributed by atoms with Crippen LogP contribution in [0, 0.1) is 5.82 Å². The molecule has 23 heavy (non-hydrogen) atoms. The van der Waals surface area contributed by atoms with E-state index >= 15 is 0 Å². The molecule has 1 aliphatic heterocycles. The quantitative estimate of drug-likeness (QED) is 0.907. The number of carbonyl (C=O) groups is 1. The fourth-order valence-corrected chi connectivity index (χ4v) is 3.44. The molecule has 1 aromatic rings. The molecule has 1 heterocycles. The van der Waals surface area contributed by atoms with Gasteiger partial charge in [-0.15, -0.1) is 0 Å². The van der Waals surface area contributed by atoms with Crippen molar-refractivity contribution in [2.45, 2.75) is 31.4 Å². The van der Waals surface area contributed by atoms with Gasteiger partial charge in [0, 0.05) is 38.3 Å². The number of hydrogen-bond donors (Lipinski definition) is 1. The van der Waals surface area contributed by atoms with Crippen LogP contribution in [-0.4, -0.2) is 65.7 Å². The maximum Gasteiger partial charge on any atom is 0.260 e. The first-order valence-corrected chi connectivity index (χ1v) is 8.22. The van der Waals surface area contributed by atoms with Gasteiger partial charge in [0.25, 0.3) is 5.91 Å². The van der Waals surface area contributed by atoms with E-state index in [-0.39, 0.29) is 30.5 Å². The molecule has 1 aliphatic carbocycles. The van der Waals surface area contributed by atoms with Gasteiger partial charge in [-0.1, -0.05) is 6.07 Å². The van der Waals surface area contributed by atoms with Crippen molar-refractivity contribution in [1.29, 1.82) is 0 Å². The zero-order chi connectivity index (χ0) is 16.2. The number of ether oxygens (including phenoxy) is 1. The summed E-state index contributed by atoms with van der Waals surface area (Å²) in [6.07, 6.45) is 2.77. The van der Waals surface area contributed by atoms with Crippen molar-refractivity contribution in [2.24, 2.45) is 0 Å². The lowest BCUT2D eigenvalue weighted by atomic mass is 10.1. The Morgan fingerprint density at radius 3 is 2.70 bits per heavy atom. The largest absolute Gasteiger partial charge is 0.484 e. The Morgan fingerprint density at radius 2 is 2.04 bits per heavy atom. The number of rotatable bonds is 4. The lowest BCUT2D eigenvalue weighted by Gasteiger charge is -2.39. The minimum atomic E-state index is -0.376. The van der Waals surface area contributed by atoms with Gasteiger partial charge in [-0.05, 0) is 31.4 Å². The van der Waals surface area contributed by atoms with Crippen LogP contribution in [-0.2, 0) is 4.79 Å². The minimum absolute atomic E-state index is 0.0739. The Balaban J connectivity index is 1.45. The fraction of sp³-hybridized carbons (Fsp3) is 0.588. The summed E-state index contributed by atoms with van der Waals surface area (Å²) in [5.74, 6) is -0.0920. The number of amides is 1. The first kappa shape index (κ1) is 16.2. The molecule has 2 aliphatic rings. The summed E-state index contributed by atoms with van der Waals surface area (Å²) in [6.45, 7) is 2.79. The first-order chi connectivity index (χ1) is 11.1. The molecule has 2 unspecified atom stereocenters. The maximum absolute atomic E-state index is 13.1. The van der Waals surface area contributed by atoms with Gasteiger partial charge >= 0.3 is 0 Å². The van der Waals surface area contributed by atoms with Crippen LogP contribution in [0.3, 0.4) is 0 Å². The second kappa shape index (κ2) is 7.27. The molecule has 1 amide bonds. The maximum atomic E-state index is 13.1. The molecule has 126 valence electrons. The smallest absolute Gasteiger partial charge is 0.260 e. The number of nitrogens with zero attached hydrogens (tertiary/aromatic N) is 2. The normalized spacial score (nSPS) is 25.6. The van der Waals surface area contributed by atoms with Crippen molar-refractivity contribution in [2.75, 3.05) is 32.8 Å². The zero-order valence-electron chi connectivity index (χ0n) is 13.2. The molecule has 2 atom stereocenters. The molecule has 3 rings (SSSR count). The number of hydrogen-bond acceptors (Lipinski definition) is 4.